The molecule has 0 nitrogen and oxygen atoms in total. The third-order valence-corrected chi connectivity index (χ3v) is 3.23. The first kappa shape index (κ1) is 11.0. The van der Waals surface area contributed by atoms with Crippen molar-refractivity contribution in [3.63, 3.8) is 0 Å². The Hall–Kier alpha value is -2.15. The zero-order valence-corrected chi connectivity index (χ0v) is 10.2. The van der Waals surface area contributed by atoms with Gasteiger partial charge >= 0.3 is 0 Å². The highest BCUT2D eigenvalue weighted by atomic mass is 19.1. The second kappa shape index (κ2) is 4.26. The molecule has 0 atom stereocenters. The molecule has 0 saturated carbocycles. The smallest absolute Gasteiger partial charge is 0.131 e. The molecule has 0 spiro atoms. The van der Waals surface area contributed by atoms with Crippen molar-refractivity contribution in [1.29, 1.82) is 0 Å². The van der Waals surface area contributed by atoms with Gasteiger partial charge in [0.25, 0.3) is 0 Å². The summed E-state index contributed by atoms with van der Waals surface area (Å²) in [5, 5.41) is 1.64. The van der Waals surface area contributed by atoms with Crippen LogP contribution in [0.1, 0.15) is 5.56 Å². The van der Waals surface area contributed by atoms with Crippen molar-refractivity contribution in [3.05, 3.63) is 72.0 Å². The highest BCUT2D eigenvalue weighted by Crippen LogP contribution is 2.30. The van der Waals surface area contributed by atoms with Crippen molar-refractivity contribution in [3.8, 4) is 11.1 Å². The Morgan fingerprint density at radius 2 is 1.39 bits per heavy atom. The van der Waals surface area contributed by atoms with Crippen molar-refractivity contribution < 1.29 is 4.39 Å². The molecule has 0 saturated heterocycles. The maximum atomic E-state index is 13.7. The standard InChI is InChI=1S/C17H13F/c1-12-6-8-13(9-7-12)14-10-11-17(18)16-5-3-2-4-15(14)16/h2-11H,1H3. The first-order chi connectivity index (χ1) is 8.75. The minimum absolute atomic E-state index is 0.165. The van der Waals surface area contributed by atoms with Gasteiger partial charge in [0.1, 0.15) is 5.82 Å². The van der Waals surface area contributed by atoms with E-state index in [1.807, 2.05) is 30.3 Å². The Kier molecular flexibility index (Phi) is 2.60. The molecule has 3 aromatic carbocycles. The van der Waals surface area contributed by atoms with E-state index < -0.39 is 0 Å². The maximum Gasteiger partial charge on any atom is 0.131 e. The summed E-state index contributed by atoms with van der Waals surface area (Å²) < 4.78 is 13.7. The monoisotopic (exact) mass is 236 g/mol. The summed E-state index contributed by atoms with van der Waals surface area (Å²) in [6.07, 6.45) is 0. The Labute approximate surface area is 106 Å². The zero-order valence-electron chi connectivity index (χ0n) is 10.2. The molecule has 0 amide bonds. The summed E-state index contributed by atoms with van der Waals surface area (Å²) in [6.45, 7) is 2.06. The second-order valence-electron chi connectivity index (χ2n) is 4.51. The Balaban J connectivity index is 2.30. The fourth-order valence-electron chi connectivity index (χ4n) is 2.25. The molecule has 3 rings (SSSR count). The predicted molar refractivity (Wildman–Crippen MR) is 74.1 cm³/mol. The number of hydrogen-bond acceptors (Lipinski definition) is 0. The molecule has 3 aromatic rings. The summed E-state index contributed by atoms with van der Waals surface area (Å²) in [6, 6.07) is 19.3. The Morgan fingerprint density at radius 1 is 0.722 bits per heavy atom. The summed E-state index contributed by atoms with van der Waals surface area (Å²) >= 11 is 0. The number of benzene rings is 3. The van der Waals surface area contributed by atoms with Crippen LogP contribution in [-0.4, -0.2) is 0 Å². The van der Waals surface area contributed by atoms with E-state index in [1.54, 1.807) is 0 Å². The van der Waals surface area contributed by atoms with Crippen LogP contribution in [-0.2, 0) is 0 Å². The minimum atomic E-state index is -0.165. The summed E-state index contributed by atoms with van der Waals surface area (Å²) in [4.78, 5) is 0. The largest absolute Gasteiger partial charge is 0.206 e. The lowest BCUT2D eigenvalue weighted by atomic mass is 9.97. The molecule has 0 aliphatic carbocycles. The van der Waals surface area contributed by atoms with Gasteiger partial charge in [0.2, 0.25) is 0 Å². The van der Waals surface area contributed by atoms with Crippen LogP contribution in [0.3, 0.4) is 0 Å². The van der Waals surface area contributed by atoms with Crippen molar-refractivity contribution in [2.24, 2.45) is 0 Å². The van der Waals surface area contributed by atoms with Gasteiger partial charge in [-0.1, -0.05) is 60.2 Å². The molecular formula is C17H13F. The molecule has 0 aliphatic heterocycles. The molecule has 0 heterocycles. The highest BCUT2D eigenvalue weighted by molar-refractivity contribution is 5.96. The molecule has 1 heteroatoms. The number of rotatable bonds is 1. The van der Waals surface area contributed by atoms with Crippen LogP contribution in [0.15, 0.2) is 60.7 Å². The van der Waals surface area contributed by atoms with Gasteiger partial charge in [0.15, 0.2) is 0 Å². The van der Waals surface area contributed by atoms with Gasteiger partial charge in [-0.2, -0.15) is 0 Å². The van der Waals surface area contributed by atoms with E-state index in [2.05, 4.69) is 31.2 Å². The normalized spacial score (nSPS) is 10.8. The average molecular weight is 236 g/mol. The molecule has 0 bridgehead atoms. The fraction of sp³-hybridized carbons (Fsp3) is 0.0588. The molecule has 0 aliphatic rings. The predicted octanol–water partition coefficient (Wildman–Crippen LogP) is 4.95. The molecule has 0 unspecified atom stereocenters. The summed E-state index contributed by atoms with van der Waals surface area (Å²) in [7, 11) is 0. The van der Waals surface area contributed by atoms with E-state index in [4.69, 9.17) is 0 Å². The van der Waals surface area contributed by atoms with E-state index in [9.17, 15) is 4.39 Å². The Morgan fingerprint density at radius 3 is 2.11 bits per heavy atom. The van der Waals surface area contributed by atoms with E-state index in [0.29, 0.717) is 5.39 Å². The van der Waals surface area contributed by atoms with E-state index in [1.165, 1.54) is 11.6 Å². The van der Waals surface area contributed by atoms with Gasteiger partial charge in [0.05, 0.1) is 0 Å². The molecule has 0 aromatic heterocycles. The quantitative estimate of drug-likeness (QED) is 0.560. The van der Waals surface area contributed by atoms with E-state index >= 15 is 0 Å². The lowest BCUT2D eigenvalue weighted by Crippen LogP contribution is -1.85. The lowest BCUT2D eigenvalue weighted by Gasteiger charge is -2.08. The van der Waals surface area contributed by atoms with Crippen LogP contribution in [0.25, 0.3) is 21.9 Å². The van der Waals surface area contributed by atoms with Gasteiger partial charge in [-0.05, 0) is 29.5 Å². The molecule has 88 valence electrons. The minimum Gasteiger partial charge on any atom is -0.206 e. The van der Waals surface area contributed by atoms with Gasteiger partial charge in [0, 0.05) is 5.39 Å². The molecule has 0 N–H and O–H groups in total. The number of hydrogen-bond donors (Lipinski definition) is 0. The first-order valence-corrected chi connectivity index (χ1v) is 6.00. The van der Waals surface area contributed by atoms with Crippen molar-refractivity contribution in [2.45, 2.75) is 6.92 Å². The third kappa shape index (κ3) is 1.78. The van der Waals surface area contributed by atoms with Crippen molar-refractivity contribution >= 4 is 10.8 Å². The summed E-state index contributed by atoms with van der Waals surface area (Å²) in [5.74, 6) is -0.165. The fourth-order valence-corrected chi connectivity index (χ4v) is 2.25. The maximum absolute atomic E-state index is 13.7. The molecule has 0 radical (unpaired) electrons. The number of halogens is 1. The van der Waals surface area contributed by atoms with Crippen LogP contribution in [0.2, 0.25) is 0 Å². The third-order valence-electron chi connectivity index (χ3n) is 3.23. The van der Waals surface area contributed by atoms with Gasteiger partial charge in [-0.25, -0.2) is 4.39 Å². The van der Waals surface area contributed by atoms with E-state index in [0.717, 1.165) is 16.5 Å². The Bertz CT molecular complexity index is 696. The van der Waals surface area contributed by atoms with Crippen molar-refractivity contribution in [1.82, 2.24) is 0 Å². The van der Waals surface area contributed by atoms with Crippen molar-refractivity contribution in [2.75, 3.05) is 0 Å². The van der Waals surface area contributed by atoms with Crippen LogP contribution in [0, 0.1) is 12.7 Å². The van der Waals surface area contributed by atoms with Gasteiger partial charge in [-0.3, -0.25) is 0 Å². The van der Waals surface area contributed by atoms with Crippen LogP contribution in [0.5, 0.6) is 0 Å². The topological polar surface area (TPSA) is 0 Å². The SMILES string of the molecule is Cc1ccc(-c2ccc(F)c3ccccc23)cc1. The molecule has 18 heavy (non-hydrogen) atoms. The van der Waals surface area contributed by atoms with Crippen LogP contribution < -0.4 is 0 Å². The number of fused-ring (bicyclic) bond motifs is 1. The van der Waals surface area contributed by atoms with Crippen LogP contribution in [0.4, 0.5) is 4.39 Å². The van der Waals surface area contributed by atoms with Gasteiger partial charge < -0.3 is 0 Å². The highest BCUT2D eigenvalue weighted by Gasteiger charge is 2.06. The van der Waals surface area contributed by atoms with Crippen LogP contribution >= 0.6 is 0 Å². The molecule has 0 fully saturated rings. The molecular weight excluding hydrogens is 223 g/mol. The number of aryl methyl sites for hydroxylation is 1. The average Bonchev–Trinajstić information content (AvgIpc) is 2.41. The summed E-state index contributed by atoms with van der Waals surface area (Å²) in [5.41, 5.74) is 3.42. The van der Waals surface area contributed by atoms with Gasteiger partial charge in [-0.15, -0.1) is 0 Å². The second-order valence-corrected chi connectivity index (χ2v) is 4.51. The first-order valence-electron chi connectivity index (χ1n) is 6.00. The lowest BCUT2D eigenvalue weighted by molar-refractivity contribution is 0.640. The zero-order chi connectivity index (χ0) is 12.5. The van der Waals surface area contributed by atoms with E-state index in [-0.39, 0.29) is 5.82 Å².